The Kier molecular flexibility index (Phi) is 4.16. The minimum Gasteiger partial charge on any atom is -0.481 e. The minimum atomic E-state index is -0.831. The van der Waals surface area contributed by atoms with E-state index in [2.05, 4.69) is 0 Å². The molecule has 1 heterocycles. The average molecular weight is 277 g/mol. The standard InChI is InChI=1S/C14H15NO3S/c1-15(8-4-7-13(16)17)14(18)12-9-10-5-2-3-6-11(10)19-12/h2-3,5-6,9H,4,7-8H2,1H3,(H,16,17). The third kappa shape index (κ3) is 3.32. The molecule has 19 heavy (non-hydrogen) atoms. The number of thiophene rings is 1. The van der Waals surface area contributed by atoms with E-state index in [1.54, 1.807) is 11.9 Å². The van der Waals surface area contributed by atoms with Gasteiger partial charge in [-0.3, -0.25) is 9.59 Å². The Labute approximate surface area is 115 Å². The van der Waals surface area contributed by atoms with Crippen molar-refractivity contribution in [3.05, 3.63) is 35.2 Å². The Bertz CT molecular complexity index is 573. The van der Waals surface area contributed by atoms with Gasteiger partial charge in [0.2, 0.25) is 0 Å². The quantitative estimate of drug-likeness (QED) is 0.914. The van der Waals surface area contributed by atoms with Crippen LogP contribution in [0.3, 0.4) is 0 Å². The van der Waals surface area contributed by atoms with Crippen molar-refractivity contribution >= 4 is 33.3 Å². The summed E-state index contributed by atoms with van der Waals surface area (Å²) in [5, 5.41) is 9.64. The van der Waals surface area contributed by atoms with Crippen molar-refractivity contribution < 1.29 is 14.7 Å². The lowest BCUT2D eigenvalue weighted by molar-refractivity contribution is -0.137. The van der Waals surface area contributed by atoms with Gasteiger partial charge in [0.25, 0.3) is 5.91 Å². The van der Waals surface area contributed by atoms with Gasteiger partial charge < -0.3 is 10.0 Å². The second-order valence-electron chi connectivity index (χ2n) is 4.37. The molecule has 0 unspecified atom stereocenters. The lowest BCUT2D eigenvalue weighted by atomic mass is 10.2. The Hall–Kier alpha value is -1.88. The Morgan fingerprint density at radius 1 is 1.32 bits per heavy atom. The maximum absolute atomic E-state index is 12.2. The van der Waals surface area contributed by atoms with Crippen LogP contribution in [0.5, 0.6) is 0 Å². The van der Waals surface area contributed by atoms with Gasteiger partial charge in [-0.05, 0) is 23.9 Å². The molecular formula is C14H15NO3S. The van der Waals surface area contributed by atoms with Crippen LogP contribution in [0, 0.1) is 0 Å². The van der Waals surface area contributed by atoms with Crippen LogP contribution in [0.15, 0.2) is 30.3 Å². The summed E-state index contributed by atoms with van der Waals surface area (Å²) in [5.74, 6) is -0.880. The fourth-order valence-corrected chi connectivity index (χ4v) is 2.90. The van der Waals surface area contributed by atoms with Crippen molar-refractivity contribution in [1.82, 2.24) is 4.90 Å². The van der Waals surface area contributed by atoms with Gasteiger partial charge >= 0.3 is 5.97 Å². The molecule has 0 aliphatic heterocycles. The molecule has 5 heteroatoms. The molecule has 0 saturated carbocycles. The van der Waals surface area contributed by atoms with E-state index in [0.717, 1.165) is 10.1 Å². The summed E-state index contributed by atoms with van der Waals surface area (Å²) in [6, 6.07) is 9.74. The second-order valence-corrected chi connectivity index (χ2v) is 5.46. The third-order valence-corrected chi connectivity index (χ3v) is 3.97. The maximum Gasteiger partial charge on any atom is 0.303 e. The van der Waals surface area contributed by atoms with Gasteiger partial charge in [0.1, 0.15) is 0 Å². The first-order valence-corrected chi connectivity index (χ1v) is 6.85. The smallest absolute Gasteiger partial charge is 0.303 e. The molecule has 1 aromatic carbocycles. The molecule has 4 nitrogen and oxygen atoms in total. The summed E-state index contributed by atoms with van der Waals surface area (Å²) in [4.78, 5) is 24.9. The summed E-state index contributed by atoms with van der Waals surface area (Å²) in [6.07, 6.45) is 0.562. The first kappa shape index (κ1) is 13.5. The largest absolute Gasteiger partial charge is 0.481 e. The number of carbonyl (C=O) groups is 2. The van der Waals surface area contributed by atoms with Crippen molar-refractivity contribution in [2.75, 3.05) is 13.6 Å². The first-order chi connectivity index (χ1) is 9.08. The van der Waals surface area contributed by atoms with Gasteiger partial charge in [-0.15, -0.1) is 11.3 Å². The highest BCUT2D eigenvalue weighted by Gasteiger charge is 2.14. The molecule has 2 rings (SSSR count). The second kappa shape index (κ2) is 5.84. The van der Waals surface area contributed by atoms with Crippen molar-refractivity contribution in [3.8, 4) is 0 Å². The summed E-state index contributed by atoms with van der Waals surface area (Å²) in [7, 11) is 1.70. The zero-order valence-corrected chi connectivity index (χ0v) is 11.4. The van der Waals surface area contributed by atoms with Crippen molar-refractivity contribution in [1.29, 1.82) is 0 Å². The van der Waals surface area contributed by atoms with Crippen LogP contribution in [0.2, 0.25) is 0 Å². The van der Waals surface area contributed by atoms with Crippen LogP contribution in [-0.2, 0) is 4.79 Å². The number of carboxylic acids is 1. The molecular weight excluding hydrogens is 262 g/mol. The van der Waals surface area contributed by atoms with Crippen molar-refractivity contribution in [2.45, 2.75) is 12.8 Å². The number of fused-ring (bicyclic) bond motifs is 1. The lowest BCUT2D eigenvalue weighted by Crippen LogP contribution is -2.27. The first-order valence-electron chi connectivity index (χ1n) is 6.04. The highest BCUT2D eigenvalue weighted by Crippen LogP contribution is 2.26. The van der Waals surface area contributed by atoms with E-state index in [-0.39, 0.29) is 12.3 Å². The van der Waals surface area contributed by atoms with Crippen LogP contribution in [-0.4, -0.2) is 35.5 Å². The molecule has 1 N–H and O–H groups in total. The lowest BCUT2D eigenvalue weighted by Gasteiger charge is -2.15. The number of benzene rings is 1. The summed E-state index contributed by atoms with van der Waals surface area (Å²) in [5.41, 5.74) is 0. The van der Waals surface area contributed by atoms with Crippen molar-refractivity contribution in [3.63, 3.8) is 0 Å². The van der Waals surface area contributed by atoms with Crippen LogP contribution in [0.1, 0.15) is 22.5 Å². The SMILES string of the molecule is CN(CCCC(=O)O)C(=O)c1cc2ccccc2s1. The molecule has 0 fully saturated rings. The van der Waals surface area contributed by atoms with E-state index in [4.69, 9.17) is 5.11 Å². The molecule has 1 aromatic heterocycles. The summed E-state index contributed by atoms with van der Waals surface area (Å²) >= 11 is 1.47. The highest BCUT2D eigenvalue weighted by molar-refractivity contribution is 7.20. The van der Waals surface area contributed by atoms with Crippen LogP contribution >= 0.6 is 11.3 Å². The van der Waals surface area contributed by atoms with E-state index in [0.29, 0.717) is 17.8 Å². The van der Waals surface area contributed by atoms with E-state index >= 15 is 0 Å². The van der Waals surface area contributed by atoms with E-state index in [1.807, 2.05) is 30.3 Å². The number of rotatable bonds is 5. The molecule has 0 atom stereocenters. The van der Waals surface area contributed by atoms with Gasteiger partial charge in [0.05, 0.1) is 4.88 Å². The molecule has 0 spiro atoms. The molecule has 0 aliphatic rings. The molecule has 0 saturated heterocycles. The number of carboxylic acid groups (broad SMARTS) is 1. The predicted molar refractivity (Wildman–Crippen MR) is 75.7 cm³/mol. The summed E-state index contributed by atoms with van der Waals surface area (Å²) in [6.45, 7) is 0.458. The van der Waals surface area contributed by atoms with E-state index in [9.17, 15) is 9.59 Å². The van der Waals surface area contributed by atoms with Crippen molar-refractivity contribution in [2.24, 2.45) is 0 Å². The topological polar surface area (TPSA) is 57.6 Å². The Morgan fingerprint density at radius 2 is 2.05 bits per heavy atom. The van der Waals surface area contributed by atoms with E-state index in [1.165, 1.54) is 11.3 Å². The van der Waals surface area contributed by atoms with Gasteiger partial charge in [0, 0.05) is 24.7 Å². The minimum absolute atomic E-state index is 0.0495. The number of nitrogens with zero attached hydrogens (tertiary/aromatic N) is 1. The third-order valence-electron chi connectivity index (χ3n) is 2.87. The molecule has 0 aliphatic carbocycles. The molecule has 0 bridgehead atoms. The predicted octanol–water partition coefficient (Wildman–Crippen LogP) is 2.84. The van der Waals surface area contributed by atoms with Crippen LogP contribution < -0.4 is 0 Å². The zero-order chi connectivity index (χ0) is 13.8. The fourth-order valence-electron chi connectivity index (χ4n) is 1.84. The molecule has 1 amide bonds. The maximum atomic E-state index is 12.2. The van der Waals surface area contributed by atoms with Crippen LogP contribution in [0.25, 0.3) is 10.1 Å². The average Bonchev–Trinajstić information content (AvgIpc) is 2.80. The number of carbonyl (C=O) groups excluding carboxylic acids is 1. The molecule has 2 aromatic rings. The zero-order valence-electron chi connectivity index (χ0n) is 10.6. The Balaban J connectivity index is 2.04. The molecule has 100 valence electrons. The highest BCUT2D eigenvalue weighted by atomic mass is 32.1. The number of hydrogen-bond donors (Lipinski definition) is 1. The number of amides is 1. The van der Waals surface area contributed by atoms with Gasteiger partial charge in [-0.2, -0.15) is 0 Å². The van der Waals surface area contributed by atoms with Gasteiger partial charge in [0.15, 0.2) is 0 Å². The van der Waals surface area contributed by atoms with Gasteiger partial charge in [-0.1, -0.05) is 18.2 Å². The van der Waals surface area contributed by atoms with Crippen LogP contribution in [0.4, 0.5) is 0 Å². The van der Waals surface area contributed by atoms with Gasteiger partial charge in [-0.25, -0.2) is 0 Å². The summed E-state index contributed by atoms with van der Waals surface area (Å²) < 4.78 is 1.09. The number of hydrogen-bond acceptors (Lipinski definition) is 3. The van der Waals surface area contributed by atoms with E-state index < -0.39 is 5.97 Å². The molecule has 0 radical (unpaired) electrons. The fraction of sp³-hybridized carbons (Fsp3) is 0.286. The number of aliphatic carboxylic acids is 1. The normalized spacial score (nSPS) is 10.6. The Morgan fingerprint density at radius 3 is 2.74 bits per heavy atom. The monoisotopic (exact) mass is 277 g/mol.